The van der Waals surface area contributed by atoms with Gasteiger partial charge in [-0.15, -0.1) is 0 Å². The summed E-state index contributed by atoms with van der Waals surface area (Å²) < 4.78 is 2.44. The van der Waals surface area contributed by atoms with E-state index < -0.39 is 22.3 Å². The van der Waals surface area contributed by atoms with Crippen LogP contribution in [0.4, 0.5) is 5.69 Å². The van der Waals surface area contributed by atoms with E-state index in [1.807, 2.05) is 36.4 Å². The van der Waals surface area contributed by atoms with E-state index >= 15 is 0 Å². The maximum atomic E-state index is 12.9. The van der Waals surface area contributed by atoms with Crippen LogP contribution in [-0.2, 0) is 35.8 Å². The minimum atomic E-state index is -2.47. The lowest BCUT2D eigenvalue weighted by atomic mass is 9.77. The van der Waals surface area contributed by atoms with Crippen molar-refractivity contribution in [3.8, 4) is 0 Å². The first-order valence-electron chi connectivity index (χ1n) is 31.2. The average molecular weight is 1190 g/mol. The molecule has 0 aliphatic carbocycles. The summed E-state index contributed by atoms with van der Waals surface area (Å²) in [4.78, 5) is 32.9. The highest BCUT2D eigenvalue weighted by molar-refractivity contribution is 7.01. The predicted octanol–water partition coefficient (Wildman–Crippen LogP) is 8.09. The molecule has 1 amide bonds. The van der Waals surface area contributed by atoms with Crippen LogP contribution in [0.3, 0.4) is 0 Å². The molecule has 3 aliphatic rings. The predicted molar refractivity (Wildman–Crippen MR) is 370 cm³/mol. The molecule has 0 unspecified atom stereocenters. The number of carbonyl (C=O) groups excluding carboxylic acids is 2. The average Bonchev–Trinajstić information content (AvgIpc) is 0.712. The lowest BCUT2D eigenvalue weighted by Gasteiger charge is -2.43. The van der Waals surface area contributed by atoms with Gasteiger partial charge < -0.3 is 30.3 Å². The molecule has 11 nitrogen and oxygen atoms in total. The van der Waals surface area contributed by atoms with Crippen LogP contribution in [-0.4, -0.2) is 109 Å². The molecular formula is C74H88B2N5O6Si+. The second kappa shape index (κ2) is 25.3. The molecule has 0 fully saturated rings. The zero-order chi connectivity index (χ0) is 63.3. The Kier molecular flexibility index (Phi) is 18.3. The molecule has 10 rings (SSSR count). The molecule has 3 aliphatic heterocycles. The summed E-state index contributed by atoms with van der Waals surface area (Å²) in [6.07, 6.45) is 7.23. The number of carbonyl (C=O) groups is 2. The Morgan fingerprint density at radius 1 is 0.636 bits per heavy atom. The van der Waals surface area contributed by atoms with Crippen molar-refractivity contribution in [3.63, 3.8) is 0 Å². The number of rotatable bonds is 22. The van der Waals surface area contributed by atoms with Crippen molar-refractivity contribution in [1.82, 2.24) is 19.7 Å². The number of fused-ring (bicyclic) bond motifs is 6. The number of nitrogens with zero attached hydrogens (tertiary/aromatic N) is 4. The van der Waals surface area contributed by atoms with Gasteiger partial charge in [0.05, 0.1) is 5.54 Å². The number of likely N-dealkylation sites (N-methyl/N-ethyl adjacent to an activating group) is 2. The molecule has 454 valence electrons. The first-order chi connectivity index (χ1) is 41.7. The zero-order valence-corrected chi connectivity index (χ0v) is 54.9. The molecule has 0 saturated heterocycles. The molecule has 7 aromatic rings. The van der Waals surface area contributed by atoms with Crippen molar-refractivity contribution in [3.05, 3.63) is 207 Å². The molecule has 5 N–H and O–H groups in total. The molecular weight excluding hydrogens is 1100 g/mol. The molecule has 0 saturated carbocycles. The topological polar surface area (TPSA) is 140 Å². The number of hydrogen-bond donors (Lipinski definition) is 5. The Hall–Kier alpha value is -7.26. The van der Waals surface area contributed by atoms with Crippen molar-refractivity contribution in [2.45, 2.75) is 131 Å². The Bertz CT molecular complexity index is 4180. The highest BCUT2D eigenvalue weighted by Gasteiger charge is 2.41. The SMILES string of the molecule is C=C(C)C(=O)CCCCN(Cc1ccccc1B(O)O)Cc1c2ccccc2c(CN(CCCNC(=O)C(=C)C)Cc2ccccc2B(O)O)c2ccc(C3=c4cc5c(cc4[Si](C)(C)c4cc6c(cc43)C(C)=CC(C)(C)N6C)=[N+](C)C(C)(C)C=C5C)cc12. The Morgan fingerprint density at radius 2 is 1.19 bits per heavy atom. The molecule has 0 bridgehead atoms. The van der Waals surface area contributed by atoms with Crippen molar-refractivity contribution >= 4 is 99.3 Å². The third kappa shape index (κ3) is 12.5. The van der Waals surface area contributed by atoms with Crippen LogP contribution in [0.15, 0.2) is 152 Å². The number of amides is 1. The van der Waals surface area contributed by atoms with Crippen LogP contribution >= 0.6 is 0 Å². The van der Waals surface area contributed by atoms with E-state index in [-0.39, 0.29) is 22.8 Å². The molecule has 0 atom stereocenters. The fourth-order valence-corrected chi connectivity index (χ4v) is 17.0. The number of unbranched alkanes of at least 4 members (excludes halogenated alkanes) is 1. The summed E-state index contributed by atoms with van der Waals surface area (Å²) in [5.74, 6) is -0.131. The second-order valence-electron chi connectivity index (χ2n) is 26.8. The summed E-state index contributed by atoms with van der Waals surface area (Å²) in [7, 11) is -1.33. The highest BCUT2D eigenvalue weighted by Crippen LogP contribution is 2.42. The lowest BCUT2D eigenvalue weighted by molar-refractivity contribution is -0.117. The lowest BCUT2D eigenvalue weighted by Crippen LogP contribution is -2.64. The third-order valence-corrected chi connectivity index (χ3v) is 22.8. The van der Waals surface area contributed by atoms with E-state index in [0.29, 0.717) is 87.1 Å². The van der Waals surface area contributed by atoms with E-state index in [2.05, 4.69) is 185 Å². The Labute approximate surface area is 522 Å². The highest BCUT2D eigenvalue weighted by atomic mass is 28.3. The van der Waals surface area contributed by atoms with E-state index in [0.717, 1.165) is 55.8 Å². The molecule has 14 heteroatoms. The summed E-state index contributed by atoms with van der Waals surface area (Å²) in [5.41, 5.74) is 15.2. The summed E-state index contributed by atoms with van der Waals surface area (Å²) >= 11 is 0. The Balaban J connectivity index is 1.26. The molecule has 0 spiro atoms. The van der Waals surface area contributed by atoms with E-state index in [4.69, 9.17) is 0 Å². The van der Waals surface area contributed by atoms with Crippen molar-refractivity contribution < 1.29 is 29.7 Å². The molecule has 88 heavy (non-hydrogen) atoms. The van der Waals surface area contributed by atoms with E-state index in [1.165, 1.54) is 60.0 Å². The first kappa shape index (κ1) is 63.7. The maximum absolute atomic E-state index is 12.9. The molecule has 3 heterocycles. The minimum absolute atomic E-state index is 0.0570. The van der Waals surface area contributed by atoms with E-state index in [9.17, 15) is 29.7 Å². The van der Waals surface area contributed by atoms with Gasteiger partial charge in [-0.1, -0.05) is 117 Å². The summed E-state index contributed by atoms with van der Waals surface area (Å²) in [5, 5.41) is 55.6. The van der Waals surface area contributed by atoms with Gasteiger partial charge in [0.15, 0.2) is 11.3 Å². The zero-order valence-electron chi connectivity index (χ0n) is 53.9. The molecule has 0 radical (unpaired) electrons. The van der Waals surface area contributed by atoms with Crippen LogP contribution in [0.25, 0.3) is 38.3 Å². The molecule has 0 aromatic heterocycles. The van der Waals surface area contributed by atoms with Gasteiger partial charge in [0.25, 0.3) is 0 Å². The third-order valence-electron chi connectivity index (χ3n) is 19.3. The number of Topliss-reactive ketones (excluding diaryl/α,β-unsaturated/α-hetero) is 1. The van der Waals surface area contributed by atoms with Gasteiger partial charge in [-0.25, -0.2) is 4.58 Å². The smallest absolute Gasteiger partial charge is 0.423 e. The number of ketones is 1. The van der Waals surface area contributed by atoms with Crippen LogP contribution < -0.4 is 46.7 Å². The van der Waals surface area contributed by atoms with Gasteiger partial charge in [0.2, 0.25) is 11.3 Å². The van der Waals surface area contributed by atoms with Gasteiger partial charge in [0, 0.05) is 95.0 Å². The second-order valence-corrected chi connectivity index (χ2v) is 31.1. The van der Waals surface area contributed by atoms with Crippen molar-refractivity contribution in [1.29, 1.82) is 0 Å². The van der Waals surface area contributed by atoms with Gasteiger partial charge >= 0.3 is 14.2 Å². The summed E-state index contributed by atoms with van der Waals surface area (Å²) in [6, 6.07) is 40.8. The van der Waals surface area contributed by atoms with Gasteiger partial charge in [-0.3, -0.25) is 19.4 Å². The van der Waals surface area contributed by atoms with Crippen molar-refractivity contribution in [2.75, 3.05) is 38.6 Å². The molecule has 7 aromatic carbocycles. The monoisotopic (exact) mass is 1190 g/mol. The van der Waals surface area contributed by atoms with Gasteiger partial charge in [0.1, 0.15) is 15.1 Å². The quantitative estimate of drug-likeness (QED) is 0.0150. The normalized spacial score (nSPS) is 15.4. The van der Waals surface area contributed by atoms with Crippen molar-refractivity contribution in [2.24, 2.45) is 0 Å². The number of benzene rings is 7. The van der Waals surface area contributed by atoms with Crippen LogP contribution in [0.5, 0.6) is 0 Å². The largest absolute Gasteiger partial charge is 0.488 e. The number of anilines is 1. The van der Waals surface area contributed by atoms with Gasteiger partial charge in [-0.2, -0.15) is 0 Å². The maximum Gasteiger partial charge on any atom is 0.488 e. The van der Waals surface area contributed by atoms with Gasteiger partial charge in [-0.05, 0) is 201 Å². The van der Waals surface area contributed by atoms with Crippen LogP contribution in [0.1, 0.15) is 126 Å². The minimum Gasteiger partial charge on any atom is -0.423 e. The number of hydrogen-bond acceptors (Lipinski definition) is 9. The standard InChI is InChI=1S/C74H87B2N5O6Si/c1-47(2)68(82)30-21-22-34-80(43-52-24-15-19-28-64(52)75(84)85)46-63-55-27-18-17-26-54(55)62(45-81(35-23-33-77-72(83)48(3)4)44-53-25-16-20-29-65(53)76(86)87)56-32-31-51(36-59(56)63)71-60-37-57-49(5)41-73(7,8)78(11)66(57)39-69(60)88(13,14)70-40-67-58(38-61(70)71)50(6)42-74(9,10)79(67)12/h15-20,24-29,31-32,36-42,84-87H,1,3,21-23,30,33-35,43-46H2,2,4-14H3/p+1. The first-order valence-corrected chi connectivity index (χ1v) is 34.2. The van der Waals surface area contributed by atoms with Crippen LogP contribution in [0, 0.1) is 0 Å². The fourth-order valence-electron chi connectivity index (χ4n) is 14.0. The fraction of sp³-hybridized carbons (Fsp3) is 0.338. The Morgan fingerprint density at radius 3 is 1.78 bits per heavy atom. The van der Waals surface area contributed by atoms with E-state index in [1.54, 1.807) is 26.0 Å². The number of allylic oxidation sites excluding steroid dienone is 3. The number of nitrogens with one attached hydrogen (secondary N) is 1. The summed E-state index contributed by atoms with van der Waals surface area (Å²) in [6.45, 7) is 33.5. The van der Waals surface area contributed by atoms with Crippen LogP contribution in [0.2, 0.25) is 13.1 Å².